The van der Waals surface area contributed by atoms with Crippen molar-refractivity contribution in [2.75, 3.05) is 13.2 Å². The molecule has 0 heterocycles. The van der Waals surface area contributed by atoms with Gasteiger partial charge < -0.3 is 20.5 Å². The quantitative estimate of drug-likeness (QED) is 0.758. The van der Waals surface area contributed by atoms with Crippen molar-refractivity contribution in [2.45, 2.75) is 33.4 Å². The van der Waals surface area contributed by atoms with Crippen molar-refractivity contribution in [3.05, 3.63) is 22.2 Å². The number of nitrogens with two attached hydrogens (primary N) is 1. The van der Waals surface area contributed by atoms with Crippen molar-refractivity contribution in [2.24, 2.45) is 5.73 Å². The molecule has 3 N–H and O–H groups in total. The third-order valence-electron chi connectivity index (χ3n) is 2.64. The fourth-order valence-corrected chi connectivity index (χ4v) is 2.19. The van der Waals surface area contributed by atoms with Gasteiger partial charge in [0.1, 0.15) is 0 Å². The van der Waals surface area contributed by atoms with Crippen molar-refractivity contribution in [3.63, 3.8) is 0 Å². The standard InChI is InChI=1S/C14H21BrN2O3/c1-4-17-8-10-6-11(15)13(12(7-10)19-5-2)20-9(3)14(16)18/h6-7,9,17H,4-5,8H2,1-3H3,(H2,16,18). The average Bonchev–Trinajstić information content (AvgIpc) is 2.40. The van der Waals surface area contributed by atoms with Gasteiger partial charge in [-0.2, -0.15) is 0 Å². The summed E-state index contributed by atoms with van der Waals surface area (Å²) in [6, 6.07) is 3.84. The third-order valence-corrected chi connectivity index (χ3v) is 3.23. The van der Waals surface area contributed by atoms with Gasteiger partial charge in [0.05, 0.1) is 11.1 Å². The molecule has 1 aromatic carbocycles. The highest BCUT2D eigenvalue weighted by Gasteiger charge is 2.17. The van der Waals surface area contributed by atoms with Crippen LogP contribution in [0.1, 0.15) is 26.3 Å². The minimum Gasteiger partial charge on any atom is -0.490 e. The maximum absolute atomic E-state index is 11.1. The van der Waals surface area contributed by atoms with E-state index in [0.29, 0.717) is 18.1 Å². The second-order valence-corrected chi connectivity index (χ2v) is 5.14. The molecule has 0 aromatic heterocycles. The number of hydrogen-bond acceptors (Lipinski definition) is 4. The van der Waals surface area contributed by atoms with E-state index in [1.54, 1.807) is 6.92 Å². The highest BCUT2D eigenvalue weighted by Crippen LogP contribution is 2.37. The predicted octanol–water partition coefficient (Wildman–Crippen LogP) is 2.21. The van der Waals surface area contributed by atoms with E-state index in [9.17, 15) is 4.79 Å². The molecule has 0 aliphatic rings. The van der Waals surface area contributed by atoms with E-state index in [1.807, 2.05) is 26.0 Å². The van der Waals surface area contributed by atoms with Gasteiger partial charge in [0.25, 0.3) is 5.91 Å². The first-order valence-electron chi connectivity index (χ1n) is 6.61. The Balaban J connectivity index is 3.05. The normalized spacial score (nSPS) is 12.0. The van der Waals surface area contributed by atoms with Crippen LogP contribution in [0.25, 0.3) is 0 Å². The lowest BCUT2D eigenvalue weighted by Crippen LogP contribution is -2.31. The van der Waals surface area contributed by atoms with Crippen molar-refractivity contribution >= 4 is 21.8 Å². The Morgan fingerprint density at radius 2 is 2.15 bits per heavy atom. The second kappa shape index (κ2) is 8.11. The van der Waals surface area contributed by atoms with Gasteiger partial charge in [0.2, 0.25) is 0 Å². The van der Waals surface area contributed by atoms with Crippen LogP contribution in [-0.2, 0) is 11.3 Å². The lowest BCUT2D eigenvalue weighted by Gasteiger charge is -2.18. The first-order valence-corrected chi connectivity index (χ1v) is 7.40. The Morgan fingerprint density at radius 1 is 1.45 bits per heavy atom. The van der Waals surface area contributed by atoms with Gasteiger partial charge in [-0.05, 0) is 54.0 Å². The summed E-state index contributed by atoms with van der Waals surface area (Å²) < 4.78 is 11.9. The van der Waals surface area contributed by atoms with Gasteiger partial charge in [0.15, 0.2) is 17.6 Å². The minimum absolute atomic E-state index is 0.499. The number of rotatable bonds is 8. The molecule has 0 radical (unpaired) electrons. The lowest BCUT2D eigenvalue weighted by molar-refractivity contribution is -0.124. The fraction of sp³-hybridized carbons (Fsp3) is 0.500. The molecular weight excluding hydrogens is 324 g/mol. The topological polar surface area (TPSA) is 73.6 Å². The molecule has 0 saturated carbocycles. The summed E-state index contributed by atoms with van der Waals surface area (Å²) in [6.07, 6.45) is -0.717. The van der Waals surface area contributed by atoms with Crippen LogP contribution >= 0.6 is 15.9 Å². The Kier molecular flexibility index (Phi) is 6.81. The van der Waals surface area contributed by atoms with Crippen LogP contribution < -0.4 is 20.5 Å². The van der Waals surface area contributed by atoms with E-state index in [1.165, 1.54) is 0 Å². The van der Waals surface area contributed by atoms with Crippen LogP contribution in [0.2, 0.25) is 0 Å². The monoisotopic (exact) mass is 344 g/mol. The number of benzene rings is 1. The van der Waals surface area contributed by atoms with E-state index in [2.05, 4.69) is 21.2 Å². The van der Waals surface area contributed by atoms with Crippen LogP contribution in [0.3, 0.4) is 0 Å². The Labute approximate surface area is 127 Å². The molecule has 1 rings (SSSR count). The van der Waals surface area contributed by atoms with Gasteiger partial charge in [-0.3, -0.25) is 4.79 Å². The number of carbonyl (C=O) groups excluding carboxylic acids is 1. The summed E-state index contributed by atoms with van der Waals surface area (Å²) in [5.74, 6) is 0.581. The molecule has 112 valence electrons. The summed E-state index contributed by atoms with van der Waals surface area (Å²) in [5, 5.41) is 3.25. The van der Waals surface area contributed by atoms with Crippen molar-refractivity contribution in [3.8, 4) is 11.5 Å². The molecule has 0 aliphatic heterocycles. The molecule has 1 atom stereocenters. The van der Waals surface area contributed by atoms with E-state index >= 15 is 0 Å². The Hall–Kier alpha value is -1.27. The summed E-state index contributed by atoms with van der Waals surface area (Å²) in [7, 11) is 0. The number of carbonyl (C=O) groups is 1. The molecule has 1 aromatic rings. The number of hydrogen-bond donors (Lipinski definition) is 2. The van der Waals surface area contributed by atoms with Crippen LogP contribution in [0.5, 0.6) is 11.5 Å². The Bertz CT molecular complexity index is 466. The van der Waals surface area contributed by atoms with Crippen molar-refractivity contribution in [1.82, 2.24) is 5.32 Å². The summed E-state index contributed by atoms with van der Waals surface area (Å²) in [5.41, 5.74) is 6.29. The molecule has 5 nitrogen and oxygen atoms in total. The number of halogens is 1. The van der Waals surface area contributed by atoms with Crippen molar-refractivity contribution in [1.29, 1.82) is 0 Å². The van der Waals surface area contributed by atoms with E-state index in [0.717, 1.165) is 23.1 Å². The first-order chi connectivity index (χ1) is 9.49. The summed E-state index contributed by atoms with van der Waals surface area (Å²) in [6.45, 7) is 7.69. The smallest absolute Gasteiger partial charge is 0.258 e. The molecule has 6 heteroatoms. The predicted molar refractivity (Wildman–Crippen MR) is 82.0 cm³/mol. The number of primary amides is 1. The van der Waals surface area contributed by atoms with Gasteiger partial charge in [-0.25, -0.2) is 0 Å². The number of amides is 1. The summed E-state index contributed by atoms with van der Waals surface area (Å²) in [4.78, 5) is 11.1. The lowest BCUT2D eigenvalue weighted by atomic mass is 10.2. The second-order valence-electron chi connectivity index (χ2n) is 4.28. The molecule has 0 saturated heterocycles. The SMILES string of the molecule is CCNCc1cc(Br)c(OC(C)C(N)=O)c(OCC)c1. The van der Waals surface area contributed by atoms with E-state index in [4.69, 9.17) is 15.2 Å². The highest BCUT2D eigenvalue weighted by atomic mass is 79.9. The number of ether oxygens (including phenoxy) is 2. The number of nitrogens with one attached hydrogen (secondary N) is 1. The zero-order chi connectivity index (χ0) is 15.1. The zero-order valence-corrected chi connectivity index (χ0v) is 13.6. The third kappa shape index (κ3) is 4.68. The molecule has 1 amide bonds. The first kappa shape index (κ1) is 16.8. The molecule has 0 aliphatic carbocycles. The van der Waals surface area contributed by atoms with E-state index < -0.39 is 12.0 Å². The molecule has 1 unspecified atom stereocenters. The molecule has 20 heavy (non-hydrogen) atoms. The van der Waals surface area contributed by atoms with Crippen LogP contribution in [0.15, 0.2) is 16.6 Å². The maximum Gasteiger partial charge on any atom is 0.258 e. The van der Waals surface area contributed by atoms with Gasteiger partial charge in [-0.1, -0.05) is 6.92 Å². The summed E-state index contributed by atoms with van der Waals surface area (Å²) >= 11 is 3.45. The van der Waals surface area contributed by atoms with Gasteiger partial charge in [-0.15, -0.1) is 0 Å². The molecular formula is C14H21BrN2O3. The van der Waals surface area contributed by atoms with Crippen LogP contribution in [-0.4, -0.2) is 25.2 Å². The average molecular weight is 345 g/mol. The molecule has 0 bridgehead atoms. The van der Waals surface area contributed by atoms with Crippen LogP contribution in [0, 0.1) is 0 Å². The Morgan fingerprint density at radius 3 is 2.70 bits per heavy atom. The maximum atomic E-state index is 11.1. The van der Waals surface area contributed by atoms with Crippen LogP contribution in [0.4, 0.5) is 0 Å². The van der Waals surface area contributed by atoms with E-state index in [-0.39, 0.29) is 0 Å². The van der Waals surface area contributed by atoms with Crippen molar-refractivity contribution < 1.29 is 14.3 Å². The highest BCUT2D eigenvalue weighted by molar-refractivity contribution is 9.10. The zero-order valence-electron chi connectivity index (χ0n) is 12.0. The van der Waals surface area contributed by atoms with Gasteiger partial charge in [0, 0.05) is 6.54 Å². The minimum atomic E-state index is -0.717. The fourth-order valence-electron chi connectivity index (χ4n) is 1.60. The largest absolute Gasteiger partial charge is 0.490 e. The molecule has 0 spiro atoms. The molecule has 0 fully saturated rings. The van der Waals surface area contributed by atoms with Gasteiger partial charge >= 0.3 is 0 Å².